The average molecular weight is 262 g/mol. The van der Waals surface area contributed by atoms with Crippen LogP contribution in [0.1, 0.15) is 25.8 Å². The number of nitrogens with one attached hydrogen (secondary N) is 2. The highest BCUT2D eigenvalue weighted by Crippen LogP contribution is 2.28. The zero-order valence-corrected chi connectivity index (χ0v) is 11.8. The fourth-order valence-corrected chi connectivity index (χ4v) is 1.90. The second-order valence-electron chi connectivity index (χ2n) is 4.79. The highest BCUT2D eigenvalue weighted by molar-refractivity contribution is 5.80. The molecule has 0 spiro atoms. The molecule has 1 saturated carbocycles. The van der Waals surface area contributed by atoms with Crippen LogP contribution in [-0.4, -0.2) is 30.6 Å². The maximum absolute atomic E-state index is 5.50. The molecule has 2 unspecified atom stereocenters. The first-order valence-corrected chi connectivity index (χ1v) is 6.78. The molecule has 104 valence electrons. The average Bonchev–Trinajstić information content (AvgIpc) is 3.12. The van der Waals surface area contributed by atoms with Crippen molar-refractivity contribution in [2.24, 2.45) is 10.9 Å². The normalized spacial score (nSPS) is 21.9. The molecule has 19 heavy (non-hydrogen) atoms. The van der Waals surface area contributed by atoms with Crippen LogP contribution >= 0.6 is 0 Å². The first kappa shape index (κ1) is 13.6. The lowest BCUT2D eigenvalue weighted by molar-refractivity contribution is 0.322. The van der Waals surface area contributed by atoms with Gasteiger partial charge >= 0.3 is 0 Å². The van der Waals surface area contributed by atoms with Gasteiger partial charge in [0.2, 0.25) is 5.88 Å². The maximum atomic E-state index is 5.50. The van der Waals surface area contributed by atoms with Crippen LogP contribution in [0.5, 0.6) is 5.88 Å². The van der Waals surface area contributed by atoms with E-state index in [0.717, 1.165) is 17.4 Å². The molecule has 1 heterocycles. The van der Waals surface area contributed by atoms with Crippen LogP contribution in [0.3, 0.4) is 0 Å². The predicted octanol–water partition coefficient (Wildman–Crippen LogP) is 1.55. The number of guanidine groups is 1. The molecule has 0 amide bonds. The summed E-state index contributed by atoms with van der Waals surface area (Å²) < 4.78 is 5.50. The second-order valence-corrected chi connectivity index (χ2v) is 4.79. The van der Waals surface area contributed by atoms with Crippen molar-refractivity contribution in [3.63, 3.8) is 0 Å². The van der Waals surface area contributed by atoms with E-state index >= 15 is 0 Å². The Kier molecular flexibility index (Phi) is 4.60. The summed E-state index contributed by atoms with van der Waals surface area (Å²) in [6.45, 7) is 5.47. The lowest BCUT2D eigenvalue weighted by Gasteiger charge is -2.13. The Labute approximate surface area is 114 Å². The van der Waals surface area contributed by atoms with E-state index in [2.05, 4.69) is 27.5 Å². The van der Waals surface area contributed by atoms with E-state index in [-0.39, 0.29) is 0 Å². The lowest BCUT2D eigenvalue weighted by Crippen LogP contribution is -2.38. The van der Waals surface area contributed by atoms with Gasteiger partial charge in [0, 0.05) is 31.4 Å². The van der Waals surface area contributed by atoms with E-state index < -0.39 is 0 Å². The van der Waals surface area contributed by atoms with Gasteiger partial charge in [-0.25, -0.2) is 4.98 Å². The SMILES string of the molecule is CCOc1ncccc1CNC(=NC)NC1CC1C. The van der Waals surface area contributed by atoms with Gasteiger partial charge in [0.25, 0.3) is 0 Å². The standard InChI is InChI=1S/C14H22N4O/c1-4-19-13-11(6-5-7-16-13)9-17-14(15-3)18-12-8-10(12)2/h5-7,10,12H,4,8-9H2,1-3H3,(H2,15,17,18). The van der Waals surface area contributed by atoms with Gasteiger partial charge in [-0.2, -0.15) is 0 Å². The van der Waals surface area contributed by atoms with Crippen LogP contribution in [0.2, 0.25) is 0 Å². The number of ether oxygens (including phenoxy) is 1. The largest absolute Gasteiger partial charge is 0.478 e. The van der Waals surface area contributed by atoms with E-state index in [1.54, 1.807) is 13.2 Å². The molecular formula is C14H22N4O. The smallest absolute Gasteiger partial charge is 0.218 e. The van der Waals surface area contributed by atoms with Crippen molar-refractivity contribution in [1.82, 2.24) is 15.6 Å². The molecular weight excluding hydrogens is 240 g/mol. The number of hydrogen-bond donors (Lipinski definition) is 2. The Bertz CT molecular complexity index is 447. The number of hydrogen-bond acceptors (Lipinski definition) is 3. The van der Waals surface area contributed by atoms with E-state index in [4.69, 9.17) is 4.74 Å². The summed E-state index contributed by atoms with van der Waals surface area (Å²) in [6.07, 6.45) is 2.96. The quantitative estimate of drug-likeness (QED) is 0.624. The van der Waals surface area contributed by atoms with Crippen LogP contribution in [0.15, 0.2) is 23.3 Å². The van der Waals surface area contributed by atoms with Crippen LogP contribution in [-0.2, 0) is 6.54 Å². The molecule has 5 heteroatoms. The third-order valence-corrected chi connectivity index (χ3v) is 3.23. The molecule has 0 saturated heterocycles. The minimum atomic E-state index is 0.562. The Balaban J connectivity index is 1.90. The summed E-state index contributed by atoms with van der Waals surface area (Å²) >= 11 is 0. The van der Waals surface area contributed by atoms with Crippen molar-refractivity contribution in [2.45, 2.75) is 32.9 Å². The van der Waals surface area contributed by atoms with Gasteiger partial charge in [-0.15, -0.1) is 0 Å². The summed E-state index contributed by atoms with van der Waals surface area (Å²) in [6, 6.07) is 4.49. The van der Waals surface area contributed by atoms with E-state index in [0.29, 0.717) is 25.1 Å². The highest BCUT2D eigenvalue weighted by atomic mass is 16.5. The van der Waals surface area contributed by atoms with Crippen LogP contribution in [0, 0.1) is 5.92 Å². The molecule has 0 bridgehead atoms. The summed E-state index contributed by atoms with van der Waals surface area (Å²) in [7, 11) is 1.79. The zero-order chi connectivity index (χ0) is 13.7. The van der Waals surface area contributed by atoms with Gasteiger partial charge < -0.3 is 15.4 Å². The molecule has 1 aromatic rings. The maximum Gasteiger partial charge on any atom is 0.218 e. The summed E-state index contributed by atoms with van der Waals surface area (Å²) in [5, 5.41) is 6.69. The molecule has 0 aliphatic heterocycles. The monoisotopic (exact) mass is 262 g/mol. The fourth-order valence-electron chi connectivity index (χ4n) is 1.90. The summed E-state index contributed by atoms with van der Waals surface area (Å²) in [5.41, 5.74) is 1.04. The van der Waals surface area contributed by atoms with Gasteiger partial charge in [0.15, 0.2) is 5.96 Å². The summed E-state index contributed by atoms with van der Waals surface area (Å²) in [5.74, 6) is 2.27. The number of pyridine rings is 1. The molecule has 0 radical (unpaired) electrons. The molecule has 2 atom stereocenters. The molecule has 1 aliphatic carbocycles. The van der Waals surface area contributed by atoms with Crippen LogP contribution in [0.25, 0.3) is 0 Å². The Morgan fingerprint density at radius 3 is 3.00 bits per heavy atom. The van der Waals surface area contributed by atoms with Gasteiger partial charge in [-0.1, -0.05) is 13.0 Å². The van der Waals surface area contributed by atoms with Crippen molar-refractivity contribution in [2.75, 3.05) is 13.7 Å². The third kappa shape index (κ3) is 3.84. The number of rotatable bonds is 5. The van der Waals surface area contributed by atoms with Gasteiger partial charge in [0.05, 0.1) is 6.61 Å². The van der Waals surface area contributed by atoms with Crippen molar-refractivity contribution in [3.05, 3.63) is 23.9 Å². The van der Waals surface area contributed by atoms with Gasteiger partial charge in [-0.05, 0) is 25.3 Å². The first-order valence-electron chi connectivity index (χ1n) is 6.78. The van der Waals surface area contributed by atoms with E-state index in [1.807, 2.05) is 19.1 Å². The number of nitrogens with zero attached hydrogens (tertiary/aromatic N) is 2. The zero-order valence-electron chi connectivity index (χ0n) is 11.8. The lowest BCUT2D eigenvalue weighted by atomic mass is 10.2. The minimum absolute atomic E-state index is 0.562. The topological polar surface area (TPSA) is 58.5 Å². The van der Waals surface area contributed by atoms with Crippen molar-refractivity contribution < 1.29 is 4.74 Å². The molecule has 1 fully saturated rings. The molecule has 2 rings (SSSR count). The van der Waals surface area contributed by atoms with Gasteiger partial charge in [-0.3, -0.25) is 4.99 Å². The van der Waals surface area contributed by atoms with Crippen LogP contribution < -0.4 is 15.4 Å². The number of aliphatic imine (C=N–C) groups is 1. The fraction of sp³-hybridized carbons (Fsp3) is 0.571. The van der Waals surface area contributed by atoms with Crippen molar-refractivity contribution in [3.8, 4) is 5.88 Å². The minimum Gasteiger partial charge on any atom is -0.478 e. The molecule has 0 aromatic carbocycles. The van der Waals surface area contributed by atoms with Crippen LogP contribution in [0.4, 0.5) is 0 Å². The van der Waals surface area contributed by atoms with E-state index in [9.17, 15) is 0 Å². The van der Waals surface area contributed by atoms with Crippen molar-refractivity contribution in [1.29, 1.82) is 0 Å². The first-order chi connectivity index (χ1) is 9.24. The summed E-state index contributed by atoms with van der Waals surface area (Å²) in [4.78, 5) is 8.46. The van der Waals surface area contributed by atoms with E-state index in [1.165, 1.54) is 6.42 Å². The van der Waals surface area contributed by atoms with Crippen molar-refractivity contribution >= 4 is 5.96 Å². The Hall–Kier alpha value is -1.78. The third-order valence-electron chi connectivity index (χ3n) is 3.23. The number of aromatic nitrogens is 1. The molecule has 1 aliphatic rings. The Morgan fingerprint density at radius 2 is 2.37 bits per heavy atom. The highest BCUT2D eigenvalue weighted by Gasteiger charge is 2.33. The molecule has 2 N–H and O–H groups in total. The predicted molar refractivity (Wildman–Crippen MR) is 76.3 cm³/mol. The Morgan fingerprint density at radius 1 is 1.58 bits per heavy atom. The van der Waals surface area contributed by atoms with Gasteiger partial charge in [0.1, 0.15) is 0 Å². The molecule has 1 aromatic heterocycles. The second kappa shape index (κ2) is 6.41. The molecule has 5 nitrogen and oxygen atoms in total.